The number of hydrogen-bond acceptors (Lipinski definition) is 4. The van der Waals surface area contributed by atoms with Crippen molar-refractivity contribution in [3.63, 3.8) is 0 Å². The Balaban J connectivity index is 1.18. The van der Waals surface area contributed by atoms with Crippen LogP contribution < -0.4 is 4.74 Å². The molecule has 30 heavy (non-hydrogen) atoms. The van der Waals surface area contributed by atoms with Crippen LogP contribution in [-0.2, 0) is 17.8 Å². The van der Waals surface area contributed by atoms with Gasteiger partial charge in [-0.15, -0.1) is 0 Å². The van der Waals surface area contributed by atoms with E-state index in [1.54, 1.807) is 12.2 Å². The van der Waals surface area contributed by atoms with E-state index in [0.717, 1.165) is 62.8 Å². The minimum atomic E-state index is 0.00581. The summed E-state index contributed by atoms with van der Waals surface area (Å²) >= 11 is 6.25. The molecule has 0 spiro atoms. The second-order valence-corrected chi connectivity index (χ2v) is 8.05. The lowest BCUT2D eigenvalue weighted by molar-refractivity contribution is -0.127. The predicted molar refractivity (Wildman–Crippen MR) is 117 cm³/mol. The molecule has 0 aliphatic carbocycles. The van der Waals surface area contributed by atoms with Crippen molar-refractivity contribution in [1.29, 1.82) is 0 Å². The van der Waals surface area contributed by atoms with Crippen LogP contribution in [0.2, 0.25) is 5.15 Å². The van der Waals surface area contributed by atoms with Crippen LogP contribution in [0.5, 0.6) is 5.75 Å². The predicted octanol–water partition coefficient (Wildman–Crippen LogP) is 3.28. The van der Waals surface area contributed by atoms with Crippen molar-refractivity contribution < 1.29 is 9.53 Å². The van der Waals surface area contributed by atoms with Gasteiger partial charge in [0.25, 0.3) is 0 Å². The molecule has 4 heterocycles. The molecule has 3 aromatic rings. The van der Waals surface area contributed by atoms with E-state index in [9.17, 15) is 4.79 Å². The van der Waals surface area contributed by atoms with Crippen LogP contribution in [-0.4, -0.2) is 57.9 Å². The monoisotopic (exact) mass is 422 g/mol. The summed E-state index contributed by atoms with van der Waals surface area (Å²) in [5.41, 5.74) is 4.10. The lowest BCUT2D eigenvalue weighted by Gasteiger charge is -2.34. The molecule has 1 aromatic carbocycles. The zero-order chi connectivity index (χ0) is 20.5. The van der Waals surface area contributed by atoms with Crippen molar-refractivity contribution in [3.05, 3.63) is 70.6 Å². The molecule has 0 radical (unpaired) electrons. The van der Waals surface area contributed by atoms with Gasteiger partial charge in [-0.05, 0) is 35.4 Å². The fraction of sp³-hybridized carbons (Fsp3) is 0.304. The summed E-state index contributed by atoms with van der Waals surface area (Å²) in [7, 11) is 0. The zero-order valence-corrected chi connectivity index (χ0v) is 17.4. The Kier molecular flexibility index (Phi) is 5.19. The van der Waals surface area contributed by atoms with Crippen molar-refractivity contribution in [1.82, 2.24) is 19.2 Å². The van der Waals surface area contributed by atoms with Crippen molar-refractivity contribution >= 4 is 29.2 Å². The van der Waals surface area contributed by atoms with Crippen LogP contribution in [0.4, 0.5) is 0 Å². The van der Waals surface area contributed by atoms with Gasteiger partial charge in [0.15, 0.2) is 5.15 Å². The number of nitrogens with zero attached hydrogens (tertiary/aromatic N) is 4. The molecule has 2 aliphatic rings. The molecule has 6 nitrogen and oxygen atoms in total. The number of pyridine rings is 1. The summed E-state index contributed by atoms with van der Waals surface area (Å²) in [5, 5.41) is 0.398. The zero-order valence-electron chi connectivity index (χ0n) is 16.6. The Morgan fingerprint density at radius 3 is 2.90 bits per heavy atom. The largest absolute Gasteiger partial charge is 0.493 e. The minimum Gasteiger partial charge on any atom is -0.493 e. The van der Waals surface area contributed by atoms with Gasteiger partial charge in [0.1, 0.15) is 11.4 Å². The van der Waals surface area contributed by atoms with E-state index < -0.39 is 0 Å². The van der Waals surface area contributed by atoms with Crippen molar-refractivity contribution in [2.45, 2.75) is 13.0 Å². The molecule has 1 amide bonds. The van der Waals surface area contributed by atoms with Crippen LogP contribution in [0.25, 0.3) is 11.7 Å². The van der Waals surface area contributed by atoms with Crippen LogP contribution in [0.15, 0.2) is 48.7 Å². The summed E-state index contributed by atoms with van der Waals surface area (Å²) in [5.74, 6) is 1.03. The topological polar surface area (TPSA) is 50.1 Å². The number of carbonyl (C=O) groups excluding carboxylic acids is 1. The number of ether oxygens (including phenoxy) is 1. The maximum Gasteiger partial charge on any atom is 0.246 e. The highest BCUT2D eigenvalue weighted by molar-refractivity contribution is 6.31. The molecule has 2 aliphatic heterocycles. The minimum absolute atomic E-state index is 0.00581. The Morgan fingerprint density at radius 1 is 1.17 bits per heavy atom. The fourth-order valence-electron chi connectivity index (χ4n) is 4.11. The molecule has 0 N–H and O–H groups in total. The first-order chi connectivity index (χ1) is 14.7. The first-order valence-electron chi connectivity index (χ1n) is 10.2. The lowest BCUT2D eigenvalue weighted by atomic mass is 10.1. The summed E-state index contributed by atoms with van der Waals surface area (Å²) in [4.78, 5) is 21.3. The van der Waals surface area contributed by atoms with Gasteiger partial charge < -0.3 is 9.64 Å². The van der Waals surface area contributed by atoms with Gasteiger partial charge >= 0.3 is 0 Å². The van der Waals surface area contributed by atoms with Crippen molar-refractivity contribution in [3.8, 4) is 5.75 Å². The number of fused-ring (bicyclic) bond motifs is 2. The van der Waals surface area contributed by atoms with Crippen LogP contribution in [0.1, 0.15) is 16.8 Å². The fourth-order valence-corrected chi connectivity index (χ4v) is 4.35. The smallest absolute Gasteiger partial charge is 0.246 e. The van der Waals surface area contributed by atoms with E-state index in [0.29, 0.717) is 5.15 Å². The maximum absolute atomic E-state index is 12.7. The third-order valence-electron chi connectivity index (χ3n) is 5.75. The molecule has 2 aromatic heterocycles. The van der Waals surface area contributed by atoms with Crippen LogP contribution in [0.3, 0.4) is 0 Å². The molecule has 5 rings (SSSR count). The van der Waals surface area contributed by atoms with Gasteiger partial charge in [-0.25, -0.2) is 4.98 Å². The maximum atomic E-state index is 12.7. The molecule has 0 bridgehead atoms. The first kappa shape index (κ1) is 19.2. The van der Waals surface area contributed by atoms with E-state index in [4.69, 9.17) is 16.3 Å². The standard InChI is InChI=1S/C23H23ClN4O2/c24-23-19(28-9-2-1-3-21(28)25-23)5-7-22(29)27-12-10-26(11-13-27)16-17-4-6-20-18(15-17)8-14-30-20/h1-7,9,15H,8,10-14,16H2/b7-5+. The van der Waals surface area contributed by atoms with E-state index in [2.05, 4.69) is 28.1 Å². The molecular formula is C23H23ClN4O2. The Labute approximate surface area is 180 Å². The highest BCUT2D eigenvalue weighted by Gasteiger charge is 2.21. The number of hydrogen-bond donors (Lipinski definition) is 0. The number of aromatic nitrogens is 2. The molecule has 1 fully saturated rings. The van der Waals surface area contributed by atoms with Gasteiger partial charge in [-0.3, -0.25) is 14.1 Å². The number of rotatable bonds is 4. The molecule has 154 valence electrons. The van der Waals surface area contributed by atoms with Gasteiger partial charge in [0.2, 0.25) is 5.91 Å². The van der Waals surface area contributed by atoms with Gasteiger partial charge in [0, 0.05) is 51.4 Å². The first-order valence-corrected chi connectivity index (χ1v) is 10.6. The molecule has 0 unspecified atom stereocenters. The average Bonchev–Trinajstić information content (AvgIpc) is 3.35. The number of imidazole rings is 1. The second kappa shape index (κ2) is 8.13. The Morgan fingerprint density at radius 2 is 2.03 bits per heavy atom. The lowest BCUT2D eigenvalue weighted by Crippen LogP contribution is -2.47. The molecular weight excluding hydrogens is 400 g/mol. The third kappa shape index (κ3) is 3.80. The Hall–Kier alpha value is -2.83. The normalized spacial score (nSPS) is 16.9. The molecule has 7 heteroatoms. The molecule has 1 saturated heterocycles. The second-order valence-electron chi connectivity index (χ2n) is 7.69. The van der Waals surface area contributed by atoms with Gasteiger partial charge in [0.05, 0.1) is 12.3 Å². The van der Waals surface area contributed by atoms with Crippen LogP contribution >= 0.6 is 11.6 Å². The van der Waals surface area contributed by atoms with E-state index in [1.165, 1.54) is 11.1 Å². The van der Waals surface area contributed by atoms with E-state index in [1.807, 2.05) is 33.7 Å². The third-order valence-corrected chi connectivity index (χ3v) is 6.03. The van der Waals surface area contributed by atoms with Crippen LogP contribution in [0, 0.1) is 0 Å². The number of piperazine rings is 1. The van der Waals surface area contributed by atoms with Gasteiger partial charge in [-0.2, -0.15) is 0 Å². The van der Waals surface area contributed by atoms with E-state index >= 15 is 0 Å². The highest BCUT2D eigenvalue weighted by atomic mass is 35.5. The summed E-state index contributed by atoms with van der Waals surface area (Å²) in [6.45, 7) is 4.86. The van der Waals surface area contributed by atoms with E-state index in [-0.39, 0.29) is 5.91 Å². The van der Waals surface area contributed by atoms with Gasteiger partial charge in [-0.1, -0.05) is 29.8 Å². The summed E-state index contributed by atoms with van der Waals surface area (Å²) in [6, 6.07) is 12.2. The quantitative estimate of drug-likeness (QED) is 0.605. The molecule has 0 atom stereocenters. The number of amides is 1. The summed E-state index contributed by atoms with van der Waals surface area (Å²) in [6.07, 6.45) is 6.23. The van der Waals surface area contributed by atoms with Crippen molar-refractivity contribution in [2.75, 3.05) is 32.8 Å². The number of benzene rings is 1. The summed E-state index contributed by atoms with van der Waals surface area (Å²) < 4.78 is 7.47. The average molecular weight is 423 g/mol. The number of carbonyl (C=O) groups is 1. The SMILES string of the molecule is O=C(/C=C/c1c(Cl)nc2ccccn12)N1CCN(Cc2ccc3c(c2)CCO3)CC1. The van der Waals surface area contributed by atoms with Crippen molar-refractivity contribution in [2.24, 2.45) is 0 Å². The Bertz CT molecular complexity index is 1120. The highest BCUT2D eigenvalue weighted by Crippen LogP contribution is 2.26. The molecule has 0 saturated carbocycles. The number of halogens is 1.